The smallest absolute Gasteiger partial charge is 0.254 e. The Morgan fingerprint density at radius 3 is 2.75 bits per heavy atom. The summed E-state index contributed by atoms with van der Waals surface area (Å²) in [5, 5.41) is 9.40. The Hall–Kier alpha value is -1.40. The third kappa shape index (κ3) is 2.86. The monoisotopic (exact) mass is 297 g/mol. The van der Waals surface area contributed by atoms with Gasteiger partial charge >= 0.3 is 0 Å². The molecule has 1 aliphatic rings. The third-order valence-electron chi connectivity index (χ3n) is 3.84. The fourth-order valence-corrected chi connectivity index (χ4v) is 3.23. The van der Waals surface area contributed by atoms with Gasteiger partial charge < -0.3 is 10.0 Å². The average Bonchev–Trinajstić information content (AvgIpc) is 2.78. The van der Waals surface area contributed by atoms with Crippen LogP contribution in [0, 0.1) is 5.92 Å². The van der Waals surface area contributed by atoms with E-state index in [1.807, 2.05) is 6.92 Å². The molecule has 2 rings (SSSR count). The summed E-state index contributed by atoms with van der Waals surface area (Å²) in [6.07, 6.45) is 1.97. The van der Waals surface area contributed by atoms with Gasteiger partial charge in [0.05, 0.1) is 17.5 Å². The van der Waals surface area contributed by atoms with Crippen LogP contribution >= 0.6 is 0 Å². The molecule has 1 aliphatic heterocycles. The van der Waals surface area contributed by atoms with Crippen LogP contribution in [0.3, 0.4) is 0 Å². The summed E-state index contributed by atoms with van der Waals surface area (Å²) in [5.74, 6) is 0.0286. The molecule has 0 spiro atoms. The second-order valence-corrected chi connectivity index (χ2v) is 7.33. The molecule has 1 saturated heterocycles. The van der Waals surface area contributed by atoms with Gasteiger partial charge in [-0.1, -0.05) is 13.0 Å². The summed E-state index contributed by atoms with van der Waals surface area (Å²) in [5.41, 5.74) is 0.348. The second-order valence-electron chi connectivity index (χ2n) is 5.31. The van der Waals surface area contributed by atoms with E-state index in [-0.39, 0.29) is 29.4 Å². The Kier molecular flexibility index (Phi) is 4.15. The molecule has 0 bridgehead atoms. The first-order valence-corrected chi connectivity index (χ1v) is 8.45. The molecule has 0 radical (unpaired) electrons. The predicted molar refractivity (Wildman–Crippen MR) is 75.2 cm³/mol. The van der Waals surface area contributed by atoms with Gasteiger partial charge in [-0.2, -0.15) is 0 Å². The molecule has 0 aromatic heterocycles. The van der Waals surface area contributed by atoms with E-state index in [1.165, 1.54) is 12.1 Å². The molecule has 1 aromatic rings. The van der Waals surface area contributed by atoms with Crippen LogP contribution in [0.2, 0.25) is 0 Å². The van der Waals surface area contributed by atoms with Crippen LogP contribution in [0.1, 0.15) is 23.7 Å². The van der Waals surface area contributed by atoms with Gasteiger partial charge in [0.15, 0.2) is 9.84 Å². The lowest BCUT2D eigenvalue weighted by molar-refractivity contribution is 0.0648. The van der Waals surface area contributed by atoms with Gasteiger partial charge in [-0.3, -0.25) is 4.79 Å². The third-order valence-corrected chi connectivity index (χ3v) is 4.95. The summed E-state index contributed by atoms with van der Waals surface area (Å²) >= 11 is 0. The molecule has 2 unspecified atom stereocenters. The van der Waals surface area contributed by atoms with Crippen molar-refractivity contribution in [3.63, 3.8) is 0 Å². The highest BCUT2D eigenvalue weighted by atomic mass is 32.2. The minimum atomic E-state index is -3.33. The molecule has 1 amide bonds. The van der Waals surface area contributed by atoms with Gasteiger partial charge in [0.25, 0.3) is 5.91 Å². The van der Waals surface area contributed by atoms with Crippen molar-refractivity contribution in [1.29, 1.82) is 0 Å². The summed E-state index contributed by atoms with van der Waals surface area (Å²) < 4.78 is 23.1. The SMILES string of the molecule is CC1CCN(C(=O)c2cccc(S(C)(=O)=O)c2)C1CO. The summed E-state index contributed by atoms with van der Waals surface area (Å²) in [6, 6.07) is 5.85. The molecule has 6 heteroatoms. The number of sulfone groups is 1. The number of likely N-dealkylation sites (tertiary alicyclic amines) is 1. The average molecular weight is 297 g/mol. The van der Waals surface area contributed by atoms with Gasteiger partial charge in [0.1, 0.15) is 0 Å². The first kappa shape index (κ1) is 15.0. The molecule has 1 fully saturated rings. The van der Waals surface area contributed by atoms with Gasteiger partial charge in [0.2, 0.25) is 0 Å². The number of benzene rings is 1. The van der Waals surface area contributed by atoms with Gasteiger partial charge in [-0.15, -0.1) is 0 Å². The fraction of sp³-hybridized carbons (Fsp3) is 0.500. The molecule has 5 nitrogen and oxygen atoms in total. The molecule has 110 valence electrons. The summed E-state index contributed by atoms with van der Waals surface area (Å²) in [7, 11) is -3.33. The fourth-order valence-electron chi connectivity index (χ4n) is 2.56. The van der Waals surface area contributed by atoms with Crippen LogP contribution in [0.5, 0.6) is 0 Å². The van der Waals surface area contributed by atoms with Gasteiger partial charge in [0, 0.05) is 18.4 Å². The molecular formula is C14H19NO4S. The van der Waals surface area contributed by atoms with Crippen molar-refractivity contribution < 1.29 is 18.3 Å². The lowest BCUT2D eigenvalue weighted by Gasteiger charge is -2.25. The minimum Gasteiger partial charge on any atom is -0.394 e. The van der Waals surface area contributed by atoms with Crippen molar-refractivity contribution in [2.75, 3.05) is 19.4 Å². The normalized spacial score (nSPS) is 23.1. The quantitative estimate of drug-likeness (QED) is 0.901. The number of amides is 1. The van der Waals surface area contributed by atoms with E-state index in [1.54, 1.807) is 17.0 Å². The Labute approximate surface area is 119 Å². The lowest BCUT2D eigenvalue weighted by atomic mass is 10.0. The van der Waals surface area contributed by atoms with Crippen molar-refractivity contribution in [3.8, 4) is 0 Å². The topological polar surface area (TPSA) is 74.7 Å². The zero-order valence-electron chi connectivity index (χ0n) is 11.6. The molecule has 20 heavy (non-hydrogen) atoms. The number of rotatable bonds is 3. The van der Waals surface area contributed by atoms with Gasteiger partial charge in [-0.25, -0.2) is 8.42 Å². The number of aliphatic hydroxyl groups excluding tert-OH is 1. The standard InChI is InChI=1S/C14H19NO4S/c1-10-6-7-15(13(10)9-16)14(17)11-4-3-5-12(8-11)20(2,18)19/h3-5,8,10,13,16H,6-7,9H2,1-2H3. The number of aliphatic hydroxyl groups is 1. The molecule has 1 heterocycles. The zero-order chi connectivity index (χ0) is 14.9. The zero-order valence-corrected chi connectivity index (χ0v) is 12.4. The van der Waals surface area contributed by atoms with E-state index in [4.69, 9.17) is 0 Å². The number of carbonyl (C=O) groups is 1. The molecule has 1 N–H and O–H groups in total. The highest BCUT2D eigenvalue weighted by Gasteiger charge is 2.34. The van der Waals surface area contributed by atoms with E-state index in [9.17, 15) is 18.3 Å². The Morgan fingerprint density at radius 1 is 1.45 bits per heavy atom. The second kappa shape index (κ2) is 5.54. The minimum absolute atomic E-state index is 0.0708. The predicted octanol–water partition coefficient (Wildman–Crippen LogP) is 0.933. The van der Waals surface area contributed by atoms with E-state index in [2.05, 4.69) is 0 Å². The molecule has 1 aromatic carbocycles. The Morgan fingerprint density at radius 2 is 2.15 bits per heavy atom. The highest BCUT2D eigenvalue weighted by Crippen LogP contribution is 2.25. The summed E-state index contributed by atoms with van der Waals surface area (Å²) in [4.78, 5) is 14.2. The lowest BCUT2D eigenvalue weighted by Crippen LogP contribution is -2.39. The Balaban J connectivity index is 2.30. The largest absolute Gasteiger partial charge is 0.394 e. The number of nitrogens with zero attached hydrogens (tertiary/aromatic N) is 1. The molecular weight excluding hydrogens is 278 g/mol. The maximum Gasteiger partial charge on any atom is 0.254 e. The van der Waals surface area contributed by atoms with E-state index < -0.39 is 9.84 Å². The van der Waals surface area contributed by atoms with Crippen molar-refractivity contribution in [2.45, 2.75) is 24.3 Å². The molecule has 0 saturated carbocycles. The summed E-state index contributed by atoms with van der Waals surface area (Å²) in [6.45, 7) is 2.52. The first-order valence-electron chi connectivity index (χ1n) is 6.56. The first-order chi connectivity index (χ1) is 9.34. The molecule has 0 aliphatic carbocycles. The van der Waals surface area contributed by atoms with Crippen molar-refractivity contribution in [2.24, 2.45) is 5.92 Å². The van der Waals surface area contributed by atoms with Crippen molar-refractivity contribution in [1.82, 2.24) is 4.90 Å². The highest BCUT2D eigenvalue weighted by molar-refractivity contribution is 7.90. The van der Waals surface area contributed by atoms with Crippen molar-refractivity contribution >= 4 is 15.7 Å². The van der Waals surface area contributed by atoms with Crippen molar-refractivity contribution in [3.05, 3.63) is 29.8 Å². The van der Waals surface area contributed by atoms with E-state index >= 15 is 0 Å². The molecule has 2 atom stereocenters. The van der Waals surface area contributed by atoms with Crippen LogP contribution in [0.4, 0.5) is 0 Å². The number of carbonyl (C=O) groups excluding carboxylic acids is 1. The number of hydrogen-bond acceptors (Lipinski definition) is 4. The van der Waals surface area contributed by atoms with Crippen LogP contribution in [0.25, 0.3) is 0 Å². The number of hydrogen-bond donors (Lipinski definition) is 1. The van der Waals surface area contributed by atoms with Crippen LogP contribution in [-0.2, 0) is 9.84 Å². The van der Waals surface area contributed by atoms with E-state index in [0.717, 1.165) is 12.7 Å². The van der Waals surface area contributed by atoms with Crippen LogP contribution in [0.15, 0.2) is 29.2 Å². The van der Waals surface area contributed by atoms with Crippen LogP contribution < -0.4 is 0 Å². The maximum absolute atomic E-state index is 12.5. The van der Waals surface area contributed by atoms with Gasteiger partial charge in [-0.05, 0) is 30.5 Å². The van der Waals surface area contributed by atoms with Crippen LogP contribution in [-0.4, -0.2) is 49.8 Å². The maximum atomic E-state index is 12.5. The Bertz CT molecular complexity index is 611. The van der Waals surface area contributed by atoms with E-state index in [0.29, 0.717) is 12.1 Å².